The Labute approximate surface area is 218 Å². The third-order valence-corrected chi connectivity index (χ3v) is 7.34. The molecule has 0 unspecified atom stereocenters. The highest BCUT2D eigenvalue weighted by Crippen LogP contribution is 2.32. The third-order valence-electron chi connectivity index (χ3n) is 7.34. The lowest BCUT2D eigenvalue weighted by molar-refractivity contribution is -0.115. The Balaban J connectivity index is 1.48. The van der Waals surface area contributed by atoms with Crippen molar-refractivity contribution in [3.63, 3.8) is 0 Å². The maximum absolute atomic E-state index is 13.6. The summed E-state index contributed by atoms with van der Waals surface area (Å²) in [5.41, 5.74) is 6.32. The molecule has 2 aliphatic rings. The molecule has 0 bridgehead atoms. The lowest BCUT2D eigenvalue weighted by Gasteiger charge is -2.28. The minimum absolute atomic E-state index is 0.0277. The Morgan fingerprint density at radius 1 is 1.08 bits per heavy atom. The van der Waals surface area contributed by atoms with Crippen LogP contribution in [0.1, 0.15) is 63.4 Å². The topological polar surface area (TPSA) is 80.1 Å². The summed E-state index contributed by atoms with van der Waals surface area (Å²) in [6.45, 7) is 11.9. The minimum atomic E-state index is 0.0277. The summed E-state index contributed by atoms with van der Waals surface area (Å²) in [5.74, 6) is 1.13. The normalized spacial score (nSPS) is 16.6. The van der Waals surface area contributed by atoms with E-state index in [0.717, 1.165) is 70.7 Å². The van der Waals surface area contributed by atoms with Crippen molar-refractivity contribution in [3.05, 3.63) is 65.0 Å². The van der Waals surface area contributed by atoms with Crippen LogP contribution in [0.25, 0.3) is 22.0 Å². The number of Topliss-reactive ketones (excluding diaryl/α,β-unsaturated/α-hetero) is 2. The highest BCUT2D eigenvalue weighted by atomic mass is 16.1. The fraction of sp³-hybridized carbons (Fsp3) is 0.400. The van der Waals surface area contributed by atoms with E-state index in [1.54, 1.807) is 6.20 Å². The van der Waals surface area contributed by atoms with Gasteiger partial charge in [-0.15, -0.1) is 0 Å². The maximum atomic E-state index is 13.6. The van der Waals surface area contributed by atoms with Gasteiger partial charge in [-0.1, -0.05) is 11.6 Å². The molecule has 3 heterocycles. The molecule has 2 aromatic heterocycles. The number of allylic oxidation sites excluding steroid dienone is 4. The van der Waals surface area contributed by atoms with Crippen molar-refractivity contribution in [2.24, 2.45) is 0 Å². The van der Waals surface area contributed by atoms with Crippen LogP contribution in [0.3, 0.4) is 0 Å². The highest BCUT2D eigenvalue weighted by molar-refractivity contribution is 6.09. The standard InChI is InChI=1S/C30H35N5O2/c1-19(2)35-27-16-23(22-5-8-30(32-17-22)34-11-9-31-10-12-34)15-25(26(27)18-33-35)28(36)7-6-24-21(4)13-20(3)14-29(24)37/h5,8,13,15-19,31H,6-7,9-12,14H2,1-4H3. The number of hydrogen-bond acceptors (Lipinski definition) is 6. The van der Waals surface area contributed by atoms with Crippen LogP contribution < -0.4 is 10.2 Å². The van der Waals surface area contributed by atoms with Crippen molar-refractivity contribution < 1.29 is 9.59 Å². The van der Waals surface area contributed by atoms with Gasteiger partial charge in [-0.25, -0.2) is 4.98 Å². The Kier molecular flexibility index (Phi) is 7.07. The van der Waals surface area contributed by atoms with Crippen molar-refractivity contribution in [2.75, 3.05) is 31.1 Å². The number of ketones is 2. The van der Waals surface area contributed by atoms with E-state index in [1.807, 2.05) is 30.8 Å². The van der Waals surface area contributed by atoms with Crippen LogP contribution >= 0.6 is 0 Å². The first-order valence-corrected chi connectivity index (χ1v) is 13.2. The van der Waals surface area contributed by atoms with Crippen molar-refractivity contribution in [3.8, 4) is 11.1 Å². The van der Waals surface area contributed by atoms with Gasteiger partial charge < -0.3 is 10.2 Å². The molecule has 0 atom stereocenters. The van der Waals surface area contributed by atoms with Gasteiger partial charge in [0.15, 0.2) is 11.6 Å². The van der Waals surface area contributed by atoms with Crippen molar-refractivity contribution in [2.45, 2.75) is 53.0 Å². The van der Waals surface area contributed by atoms with Gasteiger partial charge in [-0.3, -0.25) is 14.3 Å². The van der Waals surface area contributed by atoms with E-state index >= 15 is 0 Å². The molecule has 0 saturated carbocycles. The maximum Gasteiger partial charge on any atom is 0.163 e. The number of nitrogens with zero attached hydrogens (tertiary/aromatic N) is 4. The number of rotatable bonds is 7. The second-order valence-electron chi connectivity index (χ2n) is 10.5. The van der Waals surface area contributed by atoms with Crippen LogP contribution in [0.2, 0.25) is 0 Å². The van der Waals surface area contributed by atoms with Gasteiger partial charge in [0.1, 0.15) is 5.82 Å². The number of pyridine rings is 1. The summed E-state index contributed by atoms with van der Waals surface area (Å²) in [4.78, 5) is 33.2. The molecule has 1 aliphatic carbocycles. The molecular formula is C30H35N5O2. The minimum Gasteiger partial charge on any atom is -0.354 e. The predicted octanol–water partition coefficient (Wildman–Crippen LogP) is 5.29. The van der Waals surface area contributed by atoms with E-state index in [-0.39, 0.29) is 24.0 Å². The number of carbonyl (C=O) groups excluding carboxylic acids is 2. The van der Waals surface area contributed by atoms with Crippen molar-refractivity contribution in [1.29, 1.82) is 0 Å². The molecule has 37 heavy (non-hydrogen) atoms. The molecule has 1 N–H and O–H groups in total. The third kappa shape index (κ3) is 5.14. The second kappa shape index (κ2) is 10.4. The summed E-state index contributed by atoms with van der Waals surface area (Å²) in [7, 11) is 0. The molecule has 1 aromatic carbocycles. The van der Waals surface area contributed by atoms with E-state index < -0.39 is 0 Å². The van der Waals surface area contributed by atoms with Gasteiger partial charge in [0.25, 0.3) is 0 Å². The SMILES string of the molecule is CC1=CC(C)=C(CCC(=O)c2cc(-c3ccc(N4CCNCC4)nc3)cc3c2cnn3C(C)C)C(=O)C1. The summed E-state index contributed by atoms with van der Waals surface area (Å²) < 4.78 is 1.96. The van der Waals surface area contributed by atoms with Gasteiger partial charge in [-0.05, 0) is 75.1 Å². The van der Waals surface area contributed by atoms with E-state index in [2.05, 4.69) is 53.4 Å². The Morgan fingerprint density at radius 2 is 1.86 bits per heavy atom. The average Bonchev–Trinajstić information content (AvgIpc) is 3.32. The average molecular weight is 498 g/mol. The van der Waals surface area contributed by atoms with Crippen LogP contribution in [0, 0.1) is 0 Å². The van der Waals surface area contributed by atoms with Gasteiger partial charge in [0, 0.05) is 67.8 Å². The van der Waals surface area contributed by atoms with Crippen LogP contribution in [-0.4, -0.2) is 52.5 Å². The molecule has 1 fully saturated rings. The molecule has 1 saturated heterocycles. The molecule has 1 aliphatic heterocycles. The fourth-order valence-electron chi connectivity index (χ4n) is 5.39. The summed E-state index contributed by atoms with van der Waals surface area (Å²) >= 11 is 0. The molecule has 0 radical (unpaired) electrons. The lowest BCUT2D eigenvalue weighted by Crippen LogP contribution is -2.43. The van der Waals surface area contributed by atoms with Crippen LogP contribution in [0.4, 0.5) is 5.82 Å². The van der Waals surface area contributed by atoms with E-state index in [1.165, 1.54) is 0 Å². The summed E-state index contributed by atoms with van der Waals surface area (Å²) in [6, 6.07) is 8.37. The summed E-state index contributed by atoms with van der Waals surface area (Å²) in [5, 5.41) is 8.82. The van der Waals surface area contributed by atoms with E-state index in [0.29, 0.717) is 18.4 Å². The van der Waals surface area contributed by atoms with Crippen LogP contribution in [0.15, 0.2) is 59.5 Å². The number of anilines is 1. The first kappa shape index (κ1) is 25.1. The molecule has 0 amide bonds. The lowest BCUT2D eigenvalue weighted by atomic mass is 9.88. The molecule has 0 spiro atoms. The van der Waals surface area contributed by atoms with Gasteiger partial charge in [0.05, 0.1) is 11.7 Å². The number of carbonyl (C=O) groups is 2. The van der Waals surface area contributed by atoms with Crippen molar-refractivity contribution in [1.82, 2.24) is 20.1 Å². The Bertz CT molecular complexity index is 1410. The van der Waals surface area contributed by atoms with Gasteiger partial charge >= 0.3 is 0 Å². The highest BCUT2D eigenvalue weighted by Gasteiger charge is 2.21. The van der Waals surface area contributed by atoms with Crippen LogP contribution in [-0.2, 0) is 4.79 Å². The zero-order valence-electron chi connectivity index (χ0n) is 22.2. The first-order chi connectivity index (χ1) is 17.8. The summed E-state index contributed by atoms with van der Waals surface area (Å²) in [6.07, 6.45) is 6.94. The number of nitrogens with one attached hydrogen (secondary N) is 1. The number of hydrogen-bond donors (Lipinski definition) is 1. The fourth-order valence-corrected chi connectivity index (χ4v) is 5.39. The molecule has 5 rings (SSSR count). The van der Waals surface area contributed by atoms with Crippen molar-refractivity contribution >= 4 is 28.3 Å². The van der Waals surface area contributed by atoms with E-state index in [4.69, 9.17) is 4.98 Å². The quantitative estimate of drug-likeness (QED) is 0.447. The number of benzene rings is 1. The van der Waals surface area contributed by atoms with Gasteiger partial charge in [0.2, 0.25) is 0 Å². The zero-order valence-corrected chi connectivity index (χ0v) is 22.2. The molecule has 7 heteroatoms. The predicted molar refractivity (Wildman–Crippen MR) is 148 cm³/mol. The first-order valence-electron chi connectivity index (χ1n) is 13.2. The molecule has 192 valence electrons. The largest absolute Gasteiger partial charge is 0.354 e. The van der Waals surface area contributed by atoms with E-state index in [9.17, 15) is 9.59 Å². The van der Waals surface area contributed by atoms with Gasteiger partial charge in [-0.2, -0.15) is 5.10 Å². The zero-order chi connectivity index (χ0) is 26.1. The van der Waals surface area contributed by atoms with Crippen LogP contribution in [0.5, 0.6) is 0 Å². The smallest absolute Gasteiger partial charge is 0.163 e. The number of piperazine rings is 1. The molecular weight excluding hydrogens is 462 g/mol. The number of fused-ring (bicyclic) bond motifs is 1. The Morgan fingerprint density at radius 3 is 2.54 bits per heavy atom. The molecule has 3 aromatic rings. The Hall–Kier alpha value is -3.58. The molecule has 7 nitrogen and oxygen atoms in total. The second-order valence-corrected chi connectivity index (χ2v) is 10.5. The monoisotopic (exact) mass is 497 g/mol. The number of aromatic nitrogens is 3.